The molecule has 0 amide bonds. The van der Waals surface area contributed by atoms with Crippen LogP contribution in [0.5, 0.6) is 0 Å². The van der Waals surface area contributed by atoms with Gasteiger partial charge >= 0.3 is 8.80 Å². The second-order valence-corrected chi connectivity index (χ2v) is 7.67. The van der Waals surface area contributed by atoms with Gasteiger partial charge in [0, 0.05) is 26.9 Å². The zero-order valence-corrected chi connectivity index (χ0v) is 12.2. The molecule has 0 bridgehead atoms. The van der Waals surface area contributed by atoms with E-state index in [0.29, 0.717) is 5.54 Å². The molecule has 5 heteroatoms. The smallest absolute Gasteiger partial charge is 0.393 e. The lowest BCUT2D eigenvalue weighted by molar-refractivity contribution is 0.111. The van der Waals surface area contributed by atoms with E-state index in [1.54, 1.807) is 21.3 Å². The maximum atomic E-state index is 9.15. The number of unbranched alkanes of at least 4 members (excludes halogenated alkanes) is 1. The van der Waals surface area contributed by atoms with Crippen LogP contribution in [0.4, 0.5) is 0 Å². The highest BCUT2D eigenvalue weighted by Crippen LogP contribution is 2.28. The highest BCUT2D eigenvalue weighted by atomic mass is 28.4. The fourth-order valence-corrected chi connectivity index (χ4v) is 4.19. The predicted octanol–water partition coefficient (Wildman–Crippen LogP) is 2.20. The standard InChI is InChI=1S/C11H26O4Si/c1-10(12)8-6-7-9-11(2)16(13-3,14-4)15-5/h10-12H,6-9H2,1-5H3. The number of aliphatic hydroxyl groups is 1. The number of hydrogen-bond donors (Lipinski definition) is 1. The van der Waals surface area contributed by atoms with E-state index in [1.807, 2.05) is 6.92 Å². The van der Waals surface area contributed by atoms with Crippen molar-refractivity contribution in [2.75, 3.05) is 21.3 Å². The Morgan fingerprint density at radius 3 is 1.75 bits per heavy atom. The minimum absolute atomic E-state index is 0.204. The van der Waals surface area contributed by atoms with Crippen LogP contribution in [0.3, 0.4) is 0 Å². The Labute approximate surface area is 100 Å². The van der Waals surface area contributed by atoms with Crippen LogP contribution in [-0.2, 0) is 13.3 Å². The van der Waals surface area contributed by atoms with Gasteiger partial charge in [0.2, 0.25) is 0 Å². The minimum Gasteiger partial charge on any atom is -0.393 e. The van der Waals surface area contributed by atoms with Crippen LogP contribution in [0.25, 0.3) is 0 Å². The molecule has 0 fully saturated rings. The lowest BCUT2D eigenvalue weighted by Gasteiger charge is -2.30. The third-order valence-electron chi connectivity index (χ3n) is 2.97. The third kappa shape index (κ3) is 4.93. The van der Waals surface area contributed by atoms with E-state index in [2.05, 4.69) is 6.92 Å². The third-order valence-corrected chi connectivity index (χ3v) is 6.17. The summed E-state index contributed by atoms with van der Waals surface area (Å²) in [4.78, 5) is 0. The normalized spacial score (nSPS) is 16.1. The average molecular weight is 250 g/mol. The van der Waals surface area contributed by atoms with Crippen molar-refractivity contribution < 1.29 is 18.4 Å². The minimum atomic E-state index is -2.46. The Morgan fingerprint density at radius 2 is 1.38 bits per heavy atom. The molecule has 0 aliphatic heterocycles. The van der Waals surface area contributed by atoms with Gasteiger partial charge in [0.1, 0.15) is 0 Å². The molecule has 0 aliphatic carbocycles. The van der Waals surface area contributed by atoms with Gasteiger partial charge < -0.3 is 18.4 Å². The summed E-state index contributed by atoms with van der Waals surface area (Å²) in [5, 5.41) is 9.15. The van der Waals surface area contributed by atoms with E-state index in [-0.39, 0.29) is 6.10 Å². The van der Waals surface area contributed by atoms with Crippen molar-refractivity contribution in [3.8, 4) is 0 Å². The Balaban J connectivity index is 3.97. The first kappa shape index (κ1) is 16.1. The molecule has 0 heterocycles. The number of aliphatic hydroxyl groups excluding tert-OH is 1. The fraction of sp³-hybridized carbons (Fsp3) is 1.00. The Morgan fingerprint density at radius 1 is 0.938 bits per heavy atom. The van der Waals surface area contributed by atoms with E-state index < -0.39 is 8.80 Å². The second kappa shape index (κ2) is 8.19. The van der Waals surface area contributed by atoms with Gasteiger partial charge in [-0.15, -0.1) is 0 Å². The van der Waals surface area contributed by atoms with Gasteiger partial charge in [0.05, 0.1) is 6.10 Å². The maximum absolute atomic E-state index is 9.15. The molecule has 0 radical (unpaired) electrons. The average Bonchev–Trinajstić information content (AvgIpc) is 2.27. The zero-order valence-electron chi connectivity index (χ0n) is 11.2. The molecule has 0 spiro atoms. The van der Waals surface area contributed by atoms with Crippen molar-refractivity contribution in [2.24, 2.45) is 0 Å². The van der Waals surface area contributed by atoms with E-state index >= 15 is 0 Å². The summed E-state index contributed by atoms with van der Waals surface area (Å²) < 4.78 is 16.3. The molecule has 1 N–H and O–H groups in total. The highest BCUT2D eigenvalue weighted by Gasteiger charge is 2.43. The topological polar surface area (TPSA) is 47.9 Å². The van der Waals surface area contributed by atoms with E-state index in [9.17, 15) is 0 Å². The van der Waals surface area contributed by atoms with Crippen LogP contribution in [-0.4, -0.2) is 41.3 Å². The molecule has 0 saturated heterocycles. The first-order valence-corrected chi connectivity index (χ1v) is 7.66. The molecule has 0 aromatic carbocycles. The summed E-state index contributed by atoms with van der Waals surface area (Å²) in [6, 6.07) is 0. The molecule has 0 aliphatic rings. The molecule has 16 heavy (non-hydrogen) atoms. The quantitative estimate of drug-likeness (QED) is 0.503. The van der Waals surface area contributed by atoms with Crippen molar-refractivity contribution in [3.63, 3.8) is 0 Å². The molecule has 0 aromatic heterocycles. The van der Waals surface area contributed by atoms with Gasteiger partial charge in [-0.05, 0) is 19.8 Å². The summed E-state index contributed by atoms with van der Waals surface area (Å²) in [6.45, 7) is 3.92. The molecule has 0 saturated carbocycles. The van der Waals surface area contributed by atoms with Crippen LogP contribution < -0.4 is 0 Å². The Hall–Kier alpha value is 0.0569. The molecule has 2 unspecified atom stereocenters. The zero-order chi connectivity index (χ0) is 12.6. The fourth-order valence-electron chi connectivity index (χ4n) is 1.92. The van der Waals surface area contributed by atoms with Gasteiger partial charge in [-0.3, -0.25) is 0 Å². The summed E-state index contributed by atoms with van der Waals surface area (Å²) in [6.07, 6.45) is 3.76. The Bertz CT molecular complexity index is 163. The number of rotatable bonds is 9. The summed E-state index contributed by atoms with van der Waals surface area (Å²) in [5.41, 5.74) is 0.293. The van der Waals surface area contributed by atoms with Gasteiger partial charge in [-0.1, -0.05) is 19.8 Å². The predicted molar refractivity (Wildman–Crippen MR) is 66.4 cm³/mol. The lowest BCUT2D eigenvalue weighted by Crippen LogP contribution is -2.46. The Kier molecular flexibility index (Phi) is 8.22. The van der Waals surface area contributed by atoms with Crippen LogP contribution >= 0.6 is 0 Å². The van der Waals surface area contributed by atoms with Crippen LogP contribution in [0.1, 0.15) is 39.5 Å². The van der Waals surface area contributed by atoms with E-state index in [0.717, 1.165) is 25.7 Å². The van der Waals surface area contributed by atoms with Gasteiger partial charge in [-0.25, -0.2) is 0 Å². The van der Waals surface area contributed by atoms with Gasteiger partial charge in [-0.2, -0.15) is 0 Å². The first-order chi connectivity index (χ1) is 7.52. The van der Waals surface area contributed by atoms with Crippen molar-refractivity contribution >= 4 is 8.80 Å². The molecule has 4 nitrogen and oxygen atoms in total. The summed E-state index contributed by atoms with van der Waals surface area (Å²) in [5.74, 6) is 0. The second-order valence-electron chi connectivity index (χ2n) is 4.25. The van der Waals surface area contributed by atoms with Crippen molar-refractivity contribution in [1.29, 1.82) is 0 Å². The number of hydrogen-bond acceptors (Lipinski definition) is 4. The molecular weight excluding hydrogens is 224 g/mol. The van der Waals surface area contributed by atoms with E-state index in [4.69, 9.17) is 18.4 Å². The molecule has 0 rings (SSSR count). The molecule has 0 aromatic rings. The van der Waals surface area contributed by atoms with Crippen molar-refractivity contribution in [1.82, 2.24) is 0 Å². The van der Waals surface area contributed by atoms with Gasteiger partial charge in [0.15, 0.2) is 0 Å². The van der Waals surface area contributed by atoms with Crippen molar-refractivity contribution in [2.45, 2.75) is 51.2 Å². The van der Waals surface area contributed by atoms with Gasteiger partial charge in [0.25, 0.3) is 0 Å². The lowest BCUT2D eigenvalue weighted by atomic mass is 10.1. The summed E-state index contributed by atoms with van der Waals surface area (Å²) in [7, 11) is 2.47. The largest absolute Gasteiger partial charge is 0.503 e. The molecule has 2 atom stereocenters. The van der Waals surface area contributed by atoms with Crippen molar-refractivity contribution in [3.05, 3.63) is 0 Å². The molecular formula is C11H26O4Si. The van der Waals surface area contributed by atoms with Crippen LogP contribution in [0.15, 0.2) is 0 Å². The SMILES string of the molecule is CO[Si](OC)(OC)C(C)CCCCC(C)O. The van der Waals surface area contributed by atoms with Crippen LogP contribution in [0.2, 0.25) is 5.54 Å². The summed E-state index contributed by atoms with van der Waals surface area (Å²) >= 11 is 0. The highest BCUT2D eigenvalue weighted by molar-refractivity contribution is 6.62. The maximum Gasteiger partial charge on any atom is 0.503 e. The van der Waals surface area contributed by atoms with Crippen LogP contribution in [0, 0.1) is 0 Å². The molecule has 98 valence electrons. The first-order valence-electron chi connectivity index (χ1n) is 5.86. The monoisotopic (exact) mass is 250 g/mol. The van der Waals surface area contributed by atoms with E-state index in [1.165, 1.54) is 0 Å².